The highest BCUT2D eigenvalue weighted by molar-refractivity contribution is 5.93. The number of carbonyl (C=O) groups is 2. The van der Waals surface area contributed by atoms with E-state index in [1.54, 1.807) is 0 Å². The summed E-state index contributed by atoms with van der Waals surface area (Å²) < 4.78 is 0. The lowest BCUT2D eigenvalue weighted by atomic mass is 9.75. The topological polar surface area (TPSA) is 55.9 Å². The summed E-state index contributed by atoms with van der Waals surface area (Å²) in [5.74, 6) is 1.93. The van der Waals surface area contributed by atoms with Gasteiger partial charge < -0.3 is 10.2 Å². The molecule has 2 atom stereocenters. The number of rotatable bonds is 5. The predicted molar refractivity (Wildman–Crippen MR) is 124 cm³/mol. The average molecular weight is 427 g/mol. The Balaban J connectivity index is 1.19. The summed E-state index contributed by atoms with van der Waals surface area (Å²) in [4.78, 5) is 32.0. The summed E-state index contributed by atoms with van der Waals surface area (Å²) in [5.41, 5.74) is 3.11. The molecule has 0 aromatic heterocycles. The van der Waals surface area contributed by atoms with Crippen molar-refractivity contribution in [3.8, 4) is 0 Å². The molecular weight excluding hydrogens is 388 g/mol. The van der Waals surface area contributed by atoms with Gasteiger partial charge in [-0.15, -0.1) is 0 Å². The first kappa shape index (κ1) is 22.3. The molecule has 1 aromatic rings. The van der Waals surface area contributed by atoms with Crippen LogP contribution in [-0.2, 0) is 9.59 Å². The van der Waals surface area contributed by atoms with E-state index in [0.717, 1.165) is 67.9 Å². The van der Waals surface area contributed by atoms with Crippen LogP contribution in [0.2, 0.25) is 0 Å². The molecule has 1 aromatic carbocycles. The Hall–Kier alpha value is -1.92. The maximum Gasteiger partial charge on any atom is 0.238 e. The van der Waals surface area contributed by atoms with Crippen LogP contribution in [0.3, 0.4) is 0 Å². The lowest BCUT2D eigenvalue weighted by Gasteiger charge is -2.42. The summed E-state index contributed by atoms with van der Waals surface area (Å²) in [6.45, 7) is 10.3. The number of piperidine rings is 1. The number of hydrogen-bond donors (Lipinski definition) is 1. The van der Waals surface area contributed by atoms with Crippen molar-refractivity contribution in [3.05, 3.63) is 29.3 Å². The van der Waals surface area contributed by atoms with Crippen LogP contribution in [0.15, 0.2) is 18.2 Å². The van der Waals surface area contributed by atoms with Gasteiger partial charge in [-0.1, -0.05) is 37.5 Å². The van der Waals surface area contributed by atoms with Crippen LogP contribution in [0.25, 0.3) is 0 Å². The third-order valence-corrected chi connectivity index (χ3v) is 7.58. The third kappa shape index (κ3) is 5.66. The molecule has 170 valence electrons. The monoisotopic (exact) mass is 426 g/mol. The largest absolute Gasteiger partial charge is 0.341 e. The molecule has 1 aliphatic carbocycles. The number of nitrogens with one attached hydrogen (secondary N) is 1. The molecule has 1 N–H and O–H groups in total. The number of carbonyl (C=O) groups excluding carboxylic acids is 2. The highest BCUT2D eigenvalue weighted by Gasteiger charge is 2.33. The number of nitrogens with zero attached hydrogens (tertiary/aromatic N) is 3. The smallest absolute Gasteiger partial charge is 0.238 e. The first-order chi connectivity index (χ1) is 15.0. The maximum absolute atomic E-state index is 12.9. The molecule has 1 saturated carbocycles. The van der Waals surface area contributed by atoms with Crippen LogP contribution in [-0.4, -0.2) is 78.9 Å². The van der Waals surface area contributed by atoms with Crippen molar-refractivity contribution in [2.75, 3.05) is 57.7 Å². The summed E-state index contributed by atoms with van der Waals surface area (Å²) in [6, 6.07) is 6.06. The van der Waals surface area contributed by atoms with Crippen molar-refractivity contribution in [3.63, 3.8) is 0 Å². The van der Waals surface area contributed by atoms with E-state index in [4.69, 9.17) is 0 Å². The van der Waals surface area contributed by atoms with E-state index in [0.29, 0.717) is 19.0 Å². The SMILES string of the molecule is Cc1cccc(C)c1NC(=O)CN1CCN(CC(=O)N2CC[C@H]3CCCC[C@H]3C2)CC1. The Bertz CT molecular complexity index is 767. The molecule has 0 unspecified atom stereocenters. The van der Waals surface area contributed by atoms with E-state index < -0.39 is 0 Å². The Morgan fingerprint density at radius 2 is 1.48 bits per heavy atom. The third-order valence-electron chi connectivity index (χ3n) is 7.58. The summed E-state index contributed by atoms with van der Waals surface area (Å²) in [5, 5.41) is 3.08. The number of hydrogen-bond acceptors (Lipinski definition) is 4. The van der Waals surface area contributed by atoms with Crippen molar-refractivity contribution >= 4 is 17.5 Å². The van der Waals surface area contributed by atoms with Crippen molar-refractivity contribution in [2.45, 2.75) is 46.0 Å². The average Bonchev–Trinajstić information content (AvgIpc) is 2.77. The number of fused-ring (bicyclic) bond motifs is 1. The normalized spacial score (nSPS) is 25.2. The number of aryl methyl sites for hydroxylation is 2. The number of anilines is 1. The Kier molecular flexibility index (Phi) is 7.28. The molecule has 2 saturated heterocycles. The molecule has 3 fully saturated rings. The number of para-hydroxylation sites is 1. The van der Waals surface area contributed by atoms with Gasteiger partial charge in [0.15, 0.2) is 0 Å². The van der Waals surface area contributed by atoms with Crippen molar-refractivity contribution < 1.29 is 9.59 Å². The minimum atomic E-state index is 0.0391. The fraction of sp³-hybridized carbons (Fsp3) is 0.680. The minimum Gasteiger partial charge on any atom is -0.341 e. The zero-order valence-electron chi connectivity index (χ0n) is 19.2. The molecule has 0 radical (unpaired) electrons. The van der Waals surface area contributed by atoms with E-state index in [1.165, 1.54) is 32.1 Å². The van der Waals surface area contributed by atoms with Crippen LogP contribution in [0.4, 0.5) is 5.69 Å². The molecule has 4 rings (SSSR count). The second kappa shape index (κ2) is 10.1. The highest BCUT2D eigenvalue weighted by Crippen LogP contribution is 2.36. The van der Waals surface area contributed by atoms with E-state index >= 15 is 0 Å². The zero-order chi connectivity index (χ0) is 21.8. The van der Waals surface area contributed by atoms with E-state index in [2.05, 4.69) is 20.0 Å². The number of amides is 2. The van der Waals surface area contributed by atoms with Gasteiger partial charge in [0.1, 0.15) is 0 Å². The molecule has 6 heteroatoms. The standard InChI is InChI=1S/C25H38N4O2/c1-19-6-5-7-20(2)25(19)26-23(30)17-27-12-14-28(15-13-27)18-24(31)29-11-10-21-8-3-4-9-22(21)16-29/h5-7,21-22H,3-4,8-18H2,1-2H3,(H,26,30)/t21-,22+/m1/s1. The van der Waals surface area contributed by atoms with Crippen molar-refractivity contribution in [1.82, 2.24) is 14.7 Å². The number of benzene rings is 1. The van der Waals surface area contributed by atoms with Gasteiger partial charge in [0.25, 0.3) is 0 Å². The van der Waals surface area contributed by atoms with E-state index in [1.807, 2.05) is 32.0 Å². The Morgan fingerprint density at radius 3 is 2.16 bits per heavy atom. The molecule has 0 bridgehead atoms. The predicted octanol–water partition coefficient (Wildman–Crippen LogP) is 2.90. The van der Waals surface area contributed by atoms with Gasteiger partial charge in [-0.2, -0.15) is 0 Å². The summed E-state index contributed by atoms with van der Waals surface area (Å²) in [7, 11) is 0. The molecule has 2 aliphatic heterocycles. The minimum absolute atomic E-state index is 0.0391. The van der Waals surface area contributed by atoms with Gasteiger partial charge in [0, 0.05) is 45.0 Å². The summed E-state index contributed by atoms with van der Waals surface area (Å²) >= 11 is 0. The van der Waals surface area contributed by atoms with Crippen LogP contribution < -0.4 is 5.32 Å². The van der Waals surface area contributed by atoms with Crippen LogP contribution in [0.1, 0.15) is 43.2 Å². The summed E-state index contributed by atoms with van der Waals surface area (Å²) in [6.07, 6.45) is 6.58. The van der Waals surface area contributed by atoms with Gasteiger partial charge in [0.2, 0.25) is 11.8 Å². The Labute approximate surface area is 187 Å². The second-order valence-electron chi connectivity index (χ2n) is 9.80. The Morgan fingerprint density at radius 1 is 0.871 bits per heavy atom. The van der Waals surface area contributed by atoms with Crippen LogP contribution in [0.5, 0.6) is 0 Å². The van der Waals surface area contributed by atoms with Gasteiger partial charge in [-0.3, -0.25) is 19.4 Å². The molecular formula is C25H38N4O2. The maximum atomic E-state index is 12.9. The molecule has 6 nitrogen and oxygen atoms in total. The first-order valence-corrected chi connectivity index (χ1v) is 12.1. The van der Waals surface area contributed by atoms with Gasteiger partial charge >= 0.3 is 0 Å². The zero-order valence-corrected chi connectivity index (χ0v) is 19.2. The number of likely N-dealkylation sites (tertiary alicyclic amines) is 1. The molecule has 2 amide bonds. The second-order valence-corrected chi connectivity index (χ2v) is 9.80. The molecule has 0 spiro atoms. The van der Waals surface area contributed by atoms with Crippen LogP contribution >= 0.6 is 0 Å². The lowest BCUT2D eigenvalue weighted by Crippen LogP contribution is -2.53. The molecule has 31 heavy (non-hydrogen) atoms. The first-order valence-electron chi connectivity index (χ1n) is 12.1. The lowest BCUT2D eigenvalue weighted by molar-refractivity contribution is -0.136. The highest BCUT2D eigenvalue weighted by atomic mass is 16.2. The fourth-order valence-corrected chi connectivity index (χ4v) is 5.62. The molecule has 2 heterocycles. The molecule has 3 aliphatic rings. The van der Waals surface area contributed by atoms with Crippen molar-refractivity contribution in [1.29, 1.82) is 0 Å². The van der Waals surface area contributed by atoms with Crippen LogP contribution in [0, 0.1) is 25.7 Å². The van der Waals surface area contributed by atoms with E-state index in [-0.39, 0.29) is 5.91 Å². The van der Waals surface area contributed by atoms with Gasteiger partial charge in [-0.05, 0) is 49.7 Å². The number of piperazine rings is 1. The van der Waals surface area contributed by atoms with Gasteiger partial charge in [0.05, 0.1) is 13.1 Å². The quantitative estimate of drug-likeness (QED) is 0.787. The fourth-order valence-electron chi connectivity index (χ4n) is 5.62. The van der Waals surface area contributed by atoms with Crippen molar-refractivity contribution in [2.24, 2.45) is 11.8 Å². The van der Waals surface area contributed by atoms with E-state index in [9.17, 15) is 9.59 Å². The van der Waals surface area contributed by atoms with Gasteiger partial charge in [-0.25, -0.2) is 0 Å².